The van der Waals surface area contributed by atoms with Crippen molar-refractivity contribution in [2.75, 3.05) is 0 Å². The van der Waals surface area contributed by atoms with Gasteiger partial charge in [0, 0.05) is 10.9 Å². The fourth-order valence-corrected chi connectivity index (χ4v) is 2.55. The Morgan fingerprint density at radius 2 is 1.86 bits per heavy atom. The second kappa shape index (κ2) is 4.66. The van der Waals surface area contributed by atoms with Crippen molar-refractivity contribution >= 4 is 27.8 Å². The van der Waals surface area contributed by atoms with E-state index in [0.717, 1.165) is 27.8 Å². The molecule has 0 aliphatic carbocycles. The molecule has 2 aromatic heterocycles. The first kappa shape index (κ1) is 12.5. The topological polar surface area (TPSA) is 80.6 Å². The average molecular weight is 287 g/mol. The van der Waals surface area contributed by atoms with Crippen LogP contribution in [0.2, 0.25) is 0 Å². The molecule has 0 radical (unpaired) electrons. The van der Waals surface area contributed by atoms with Crippen LogP contribution in [0.1, 0.15) is 5.56 Å². The van der Waals surface area contributed by atoms with Crippen LogP contribution in [0, 0.1) is 5.41 Å². The molecule has 0 bridgehead atoms. The Labute approximate surface area is 126 Å². The van der Waals surface area contributed by atoms with Gasteiger partial charge in [-0.05, 0) is 36.4 Å². The summed E-state index contributed by atoms with van der Waals surface area (Å²) in [5.74, 6) is 0.858. The molecule has 0 aliphatic rings. The Hall–Kier alpha value is -3.21. The van der Waals surface area contributed by atoms with Gasteiger partial charge in [-0.2, -0.15) is 0 Å². The molecule has 0 aliphatic heterocycles. The van der Waals surface area contributed by atoms with E-state index in [0.29, 0.717) is 5.56 Å². The highest BCUT2D eigenvalue weighted by Crippen LogP contribution is 2.20. The van der Waals surface area contributed by atoms with Gasteiger partial charge in [0.25, 0.3) is 0 Å². The van der Waals surface area contributed by atoms with Crippen molar-refractivity contribution in [2.24, 2.45) is 5.73 Å². The monoisotopic (exact) mass is 287 g/mol. The van der Waals surface area contributed by atoms with Gasteiger partial charge in [-0.1, -0.05) is 18.2 Å². The Morgan fingerprint density at radius 3 is 2.73 bits per heavy atom. The van der Waals surface area contributed by atoms with Gasteiger partial charge in [-0.25, -0.2) is 9.97 Å². The smallest absolute Gasteiger partial charge is 0.139 e. The number of nitrogens with two attached hydrogens (primary N) is 1. The zero-order chi connectivity index (χ0) is 15.1. The van der Waals surface area contributed by atoms with Crippen LogP contribution in [-0.4, -0.2) is 20.4 Å². The third kappa shape index (κ3) is 1.91. The standard InChI is InChI=1S/C17H13N5/c18-17(19)12-5-7-15-14(9-12)20-10-22(15)16-8-6-11-3-1-2-4-13(11)21-16/h1-10H,(H3,18,19). The van der Waals surface area contributed by atoms with E-state index in [1.165, 1.54) is 0 Å². The zero-order valence-corrected chi connectivity index (χ0v) is 11.7. The lowest BCUT2D eigenvalue weighted by Gasteiger charge is -2.05. The highest BCUT2D eigenvalue weighted by Gasteiger charge is 2.08. The molecular weight excluding hydrogens is 274 g/mol. The summed E-state index contributed by atoms with van der Waals surface area (Å²) in [4.78, 5) is 9.07. The number of rotatable bonds is 2. The number of nitrogens with one attached hydrogen (secondary N) is 1. The minimum absolute atomic E-state index is 0.0419. The summed E-state index contributed by atoms with van der Waals surface area (Å²) in [5.41, 5.74) is 8.87. The summed E-state index contributed by atoms with van der Waals surface area (Å²) in [6.45, 7) is 0. The first-order valence-corrected chi connectivity index (χ1v) is 6.90. The van der Waals surface area contributed by atoms with Gasteiger partial charge < -0.3 is 5.73 Å². The van der Waals surface area contributed by atoms with Gasteiger partial charge in [-0.15, -0.1) is 0 Å². The lowest BCUT2D eigenvalue weighted by molar-refractivity contribution is 1.04. The Balaban J connectivity index is 1.90. The van der Waals surface area contributed by atoms with Crippen molar-refractivity contribution in [3.63, 3.8) is 0 Å². The molecule has 4 aromatic rings. The molecule has 22 heavy (non-hydrogen) atoms. The lowest BCUT2D eigenvalue weighted by atomic mass is 10.2. The number of nitrogen functional groups attached to an aromatic ring is 1. The van der Waals surface area contributed by atoms with Gasteiger partial charge in [0.2, 0.25) is 0 Å². The summed E-state index contributed by atoms with van der Waals surface area (Å²) in [6, 6.07) is 17.6. The van der Waals surface area contributed by atoms with Crippen molar-refractivity contribution in [1.29, 1.82) is 5.41 Å². The molecule has 0 saturated heterocycles. The molecule has 2 heterocycles. The van der Waals surface area contributed by atoms with E-state index < -0.39 is 0 Å². The van der Waals surface area contributed by atoms with E-state index >= 15 is 0 Å². The molecule has 0 spiro atoms. The van der Waals surface area contributed by atoms with Crippen molar-refractivity contribution in [2.45, 2.75) is 0 Å². The van der Waals surface area contributed by atoms with E-state index in [9.17, 15) is 0 Å². The van der Waals surface area contributed by atoms with Crippen LogP contribution in [-0.2, 0) is 0 Å². The Kier molecular flexibility index (Phi) is 2.66. The molecular formula is C17H13N5. The van der Waals surface area contributed by atoms with E-state index in [2.05, 4.69) is 9.97 Å². The maximum Gasteiger partial charge on any atom is 0.139 e. The summed E-state index contributed by atoms with van der Waals surface area (Å²) >= 11 is 0. The maximum atomic E-state index is 7.50. The van der Waals surface area contributed by atoms with Crippen LogP contribution >= 0.6 is 0 Å². The summed E-state index contributed by atoms with van der Waals surface area (Å²) in [6.07, 6.45) is 1.74. The molecule has 0 saturated carbocycles. The summed E-state index contributed by atoms with van der Waals surface area (Å²) in [5, 5.41) is 8.61. The molecule has 4 rings (SSSR count). The lowest BCUT2D eigenvalue weighted by Crippen LogP contribution is -2.10. The van der Waals surface area contributed by atoms with Gasteiger partial charge >= 0.3 is 0 Å². The van der Waals surface area contributed by atoms with Gasteiger partial charge in [0.05, 0.1) is 16.6 Å². The first-order chi connectivity index (χ1) is 10.7. The van der Waals surface area contributed by atoms with Crippen LogP contribution in [0.15, 0.2) is 60.9 Å². The van der Waals surface area contributed by atoms with E-state index in [4.69, 9.17) is 11.1 Å². The van der Waals surface area contributed by atoms with Gasteiger partial charge in [0.1, 0.15) is 18.0 Å². The molecule has 106 valence electrons. The van der Waals surface area contributed by atoms with Crippen LogP contribution in [0.25, 0.3) is 27.8 Å². The second-order valence-corrected chi connectivity index (χ2v) is 5.09. The van der Waals surface area contributed by atoms with Crippen LogP contribution < -0.4 is 5.73 Å². The summed E-state index contributed by atoms with van der Waals surface area (Å²) in [7, 11) is 0. The van der Waals surface area contributed by atoms with Crippen molar-refractivity contribution in [3.05, 3.63) is 66.5 Å². The second-order valence-electron chi connectivity index (χ2n) is 5.09. The highest BCUT2D eigenvalue weighted by atomic mass is 15.1. The summed E-state index contributed by atoms with van der Waals surface area (Å²) < 4.78 is 1.94. The van der Waals surface area contributed by atoms with E-state index in [1.807, 2.05) is 59.2 Å². The third-order valence-corrected chi connectivity index (χ3v) is 3.69. The fraction of sp³-hybridized carbons (Fsp3) is 0. The van der Waals surface area contributed by atoms with Crippen molar-refractivity contribution in [1.82, 2.24) is 14.5 Å². The van der Waals surface area contributed by atoms with Crippen molar-refractivity contribution < 1.29 is 0 Å². The number of hydrogen-bond donors (Lipinski definition) is 2. The molecule has 0 amide bonds. The average Bonchev–Trinajstić information content (AvgIpc) is 2.97. The number of fused-ring (bicyclic) bond motifs is 2. The Bertz CT molecular complexity index is 1020. The van der Waals surface area contributed by atoms with Gasteiger partial charge in [0.15, 0.2) is 0 Å². The minimum atomic E-state index is 0.0419. The highest BCUT2D eigenvalue weighted by molar-refractivity contribution is 5.98. The number of para-hydroxylation sites is 1. The number of amidine groups is 1. The molecule has 0 unspecified atom stereocenters. The molecule has 0 fully saturated rings. The third-order valence-electron chi connectivity index (χ3n) is 3.69. The molecule has 0 atom stereocenters. The minimum Gasteiger partial charge on any atom is -0.384 e. The molecule has 5 heteroatoms. The maximum absolute atomic E-state index is 7.50. The fourth-order valence-electron chi connectivity index (χ4n) is 2.55. The largest absolute Gasteiger partial charge is 0.384 e. The number of imidazole rings is 1. The number of benzene rings is 2. The van der Waals surface area contributed by atoms with Gasteiger partial charge in [-0.3, -0.25) is 9.98 Å². The number of pyridine rings is 1. The van der Waals surface area contributed by atoms with Crippen LogP contribution in [0.5, 0.6) is 0 Å². The SMILES string of the molecule is N=C(N)c1ccc2c(c1)ncn2-c1ccc2ccccc2n1. The van der Waals surface area contributed by atoms with Crippen LogP contribution in [0.4, 0.5) is 0 Å². The first-order valence-electron chi connectivity index (χ1n) is 6.90. The van der Waals surface area contributed by atoms with E-state index in [-0.39, 0.29) is 5.84 Å². The normalized spacial score (nSPS) is 11.1. The Morgan fingerprint density at radius 1 is 1.00 bits per heavy atom. The molecule has 3 N–H and O–H groups in total. The molecule has 5 nitrogen and oxygen atoms in total. The predicted molar refractivity (Wildman–Crippen MR) is 87.4 cm³/mol. The predicted octanol–water partition coefficient (Wildman–Crippen LogP) is 2.86. The number of hydrogen-bond acceptors (Lipinski definition) is 3. The number of nitrogens with zero attached hydrogens (tertiary/aromatic N) is 3. The van der Waals surface area contributed by atoms with E-state index in [1.54, 1.807) is 6.33 Å². The molecule has 2 aromatic carbocycles. The van der Waals surface area contributed by atoms with Crippen LogP contribution in [0.3, 0.4) is 0 Å². The number of aromatic nitrogens is 3. The quantitative estimate of drug-likeness (QED) is 0.439. The zero-order valence-electron chi connectivity index (χ0n) is 11.7. The van der Waals surface area contributed by atoms with Crippen molar-refractivity contribution in [3.8, 4) is 5.82 Å².